The van der Waals surface area contributed by atoms with Gasteiger partial charge in [-0.3, -0.25) is 9.69 Å². The topological polar surface area (TPSA) is 49.8 Å². The molecule has 2 aliphatic heterocycles. The van der Waals surface area contributed by atoms with Gasteiger partial charge in [0, 0.05) is 26.2 Å². The Morgan fingerprint density at radius 2 is 2.00 bits per heavy atom. The van der Waals surface area contributed by atoms with E-state index in [2.05, 4.69) is 17.0 Å². The monoisotopic (exact) mass is 261 g/mol. The molecule has 0 radical (unpaired) electrons. The predicted molar refractivity (Wildman–Crippen MR) is 70.7 cm³/mol. The van der Waals surface area contributed by atoms with Crippen LogP contribution in [-0.2, 0) is 22.6 Å². The highest BCUT2D eigenvalue weighted by Crippen LogP contribution is 2.33. The van der Waals surface area contributed by atoms with E-state index in [1.807, 2.05) is 12.1 Å². The second kappa shape index (κ2) is 4.94. The highest BCUT2D eigenvalue weighted by Gasteiger charge is 2.42. The van der Waals surface area contributed by atoms with Crippen molar-refractivity contribution in [2.75, 3.05) is 19.8 Å². The first-order valence-corrected chi connectivity index (χ1v) is 6.80. The number of hydrogen-bond donors (Lipinski definition) is 1. The molecule has 0 amide bonds. The van der Waals surface area contributed by atoms with Crippen LogP contribution in [0.2, 0.25) is 0 Å². The van der Waals surface area contributed by atoms with Gasteiger partial charge < -0.3 is 9.84 Å². The van der Waals surface area contributed by atoms with Crippen molar-refractivity contribution in [3.63, 3.8) is 0 Å². The molecule has 1 aromatic carbocycles. The van der Waals surface area contributed by atoms with Crippen LogP contribution in [0.3, 0.4) is 0 Å². The molecule has 1 fully saturated rings. The van der Waals surface area contributed by atoms with Crippen LogP contribution < -0.4 is 0 Å². The molecule has 1 atom stereocenters. The Hall–Kier alpha value is -1.39. The summed E-state index contributed by atoms with van der Waals surface area (Å²) in [4.78, 5) is 13.9. The van der Waals surface area contributed by atoms with Crippen molar-refractivity contribution in [3.05, 3.63) is 35.4 Å². The quantitative estimate of drug-likeness (QED) is 0.902. The van der Waals surface area contributed by atoms with Gasteiger partial charge in [-0.1, -0.05) is 24.3 Å². The fourth-order valence-electron chi connectivity index (χ4n) is 3.16. The van der Waals surface area contributed by atoms with Crippen molar-refractivity contribution in [1.29, 1.82) is 0 Å². The van der Waals surface area contributed by atoms with Gasteiger partial charge >= 0.3 is 5.97 Å². The van der Waals surface area contributed by atoms with Gasteiger partial charge in [-0.15, -0.1) is 0 Å². The molecule has 1 aromatic rings. The van der Waals surface area contributed by atoms with Gasteiger partial charge in [0.05, 0.1) is 6.61 Å². The number of fused-ring (bicyclic) bond motifs is 1. The SMILES string of the molecule is O=C(O)C1(CN2Cc3ccccc3C2)CCCOC1. The molecular formula is C15H19NO3. The second-order valence-corrected chi connectivity index (χ2v) is 5.66. The number of carbonyl (C=O) groups is 1. The van der Waals surface area contributed by atoms with E-state index in [4.69, 9.17) is 4.74 Å². The Balaban J connectivity index is 1.73. The van der Waals surface area contributed by atoms with E-state index >= 15 is 0 Å². The molecule has 2 heterocycles. The van der Waals surface area contributed by atoms with E-state index < -0.39 is 11.4 Å². The average molecular weight is 261 g/mol. The highest BCUT2D eigenvalue weighted by molar-refractivity contribution is 5.75. The molecule has 4 heteroatoms. The molecule has 3 rings (SSSR count). The second-order valence-electron chi connectivity index (χ2n) is 5.66. The summed E-state index contributed by atoms with van der Waals surface area (Å²) in [5.41, 5.74) is 1.92. The number of hydrogen-bond acceptors (Lipinski definition) is 3. The van der Waals surface area contributed by atoms with Crippen LogP contribution in [0.25, 0.3) is 0 Å². The number of carboxylic acids is 1. The Morgan fingerprint density at radius 3 is 2.53 bits per heavy atom. The normalized spacial score (nSPS) is 27.2. The third-order valence-corrected chi connectivity index (χ3v) is 4.21. The highest BCUT2D eigenvalue weighted by atomic mass is 16.5. The van der Waals surface area contributed by atoms with E-state index in [0.717, 1.165) is 25.9 Å². The maximum absolute atomic E-state index is 11.6. The molecule has 1 unspecified atom stereocenters. The summed E-state index contributed by atoms with van der Waals surface area (Å²) in [5.74, 6) is -0.719. The number of nitrogens with zero attached hydrogens (tertiary/aromatic N) is 1. The lowest BCUT2D eigenvalue weighted by molar-refractivity contribution is -0.159. The minimum absolute atomic E-state index is 0.342. The van der Waals surface area contributed by atoms with Crippen molar-refractivity contribution < 1.29 is 14.6 Å². The predicted octanol–water partition coefficient (Wildman–Crippen LogP) is 1.88. The van der Waals surface area contributed by atoms with E-state index in [0.29, 0.717) is 19.8 Å². The van der Waals surface area contributed by atoms with Crippen molar-refractivity contribution in [2.24, 2.45) is 5.41 Å². The summed E-state index contributed by atoms with van der Waals surface area (Å²) in [6, 6.07) is 8.33. The molecule has 19 heavy (non-hydrogen) atoms. The third-order valence-electron chi connectivity index (χ3n) is 4.21. The van der Waals surface area contributed by atoms with Crippen LogP contribution in [0.5, 0.6) is 0 Å². The molecule has 4 nitrogen and oxygen atoms in total. The van der Waals surface area contributed by atoms with Crippen molar-refractivity contribution in [2.45, 2.75) is 25.9 Å². The maximum atomic E-state index is 11.6. The van der Waals surface area contributed by atoms with Crippen LogP contribution in [0.1, 0.15) is 24.0 Å². The number of benzene rings is 1. The summed E-state index contributed by atoms with van der Waals surface area (Å²) < 4.78 is 5.43. The van der Waals surface area contributed by atoms with Crippen LogP contribution in [0.4, 0.5) is 0 Å². The molecule has 0 saturated carbocycles. The van der Waals surface area contributed by atoms with Crippen LogP contribution in [0.15, 0.2) is 24.3 Å². The summed E-state index contributed by atoms with van der Waals surface area (Å²) >= 11 is 0. The summed E-state index contributed by atoms with van der Waals surface area (Å²) in [5, 5.41) is 9.56. The Kier molecular flexibility index (Phi) is 3.29. The first kappa shape index (κ1) is 12.6. The Bertz CT molecular complexity index is 455. The largest absolute Gasteiger partial charge is 0.481 e. The van der Waals surface area contributed by atoms with Gasteiger partial charge in [-0.25, -0.2) is 0 Å². The van der Waals surface area contributed by atoms with Crippen LogP contribution >= 0.6 is 0 Å². The summed E-state index contributed by atoms with van der Waals surface area (Å²) in [6.45, 7) is 3.32. The van der Waals surface area contributed by atoms with Gasteiger partial charge in [0.15, 0.2) is 0 Å². The smallest absolute Gasteiger partial charge is 0.313 e. The van der Waals surface area contributed by atoms with Gasteiger partial charge in [-0.2, -0.15) is 0 Å². The summed E-state index contributed by atoms with van der Waals surface area (Å²) in [7, 11) is 0. The van der Waals surface area contributed by atoms with E-state index in [-0.39, 0.29) is 0 Å². The van der Waals surface area contributed by atoms with Gasteiger partial charge in [-0.05, 0) is 24.0 Å². The number of aliphatic carboxylic acids is 1. The van der Waals surface area contributed by atoms with E-state index in [1.54, 1.807) is 0 Å². The fourth-order valence-corrected chi connectivity index (χ4v) is 3.16. The molecule has 0 bridgehead atoms. The standard InChI is InChI=1S/C15H19NO3/c17-14(18)15(6-3-7-19-11-15)10-16-8-12-4-1-2-5-13(12)9-16/h1-2,4-5H,3,6-11H2,(H,17,18). The number of carboxylic acid groups (broad SMARTS) is 1. The molecule has 2 aliphatic rings. The zero-order valence-electron chi connectivity index (χ0n) is 11.0. The Morgan fingerprint density at radius 1 is 1.32 bits per heavy atom. The first-order chi connectivity index (χ1) is 9.20. The zero-order valence-corrected chi connectivity index (χ0v) is 11.0. The van der Waals surface area contributed by atoms with Crippen molar-refractivity contribution in [1.82, 2.24) is 4.90 Å². The first-order valence-electron chi connectivity index (χ1n) is 6.80. The minimum Gasteiger partial charge on any atom is -0.481 e. The maximum Gasteiger partial charge on any atom is 0.313 e. The fraction of sp³-hybridized carbons (Fsp3) is 0.533. The average Bonchev–Trinajstić information content (AvgIpc) is 2.81. The molecule has 1 saturated heterocycles. The lowest BCUT2D eigenvalue weighted by Crippen LogP contribution is -2.47. The molecule has 102 valence electrons. The molecule has 0 aliphatic carbocycles. The van der Waals surface area contributed by atoms with Crippen LogP contribution in [-0.4, -0.2) is 35.7 Å². The lowest BCUT2D eigenvalue weighted by Gasteiger charge is -2.36. The van der Waals surface area contributed by atoms with Crippen LogP contribution in [0, 0.1) is 5.41 Å². The molecule has 1 N–H and O–H groups in total. The van der Waals surface area contributed by atoms with Crippen molar-refractivity contribution >= 4 is 5.97 Å². The number of ether oxygens (including phenoxy) is 1. The van der Waals surface area contributed by atoms with Gasteiger partial charge in [0.2, 0.25) is 0 Å². The van der Waals surface area contributed by atoms with Crippen molar-refractivity contribution in [3.8, 4) is 0 Å². The van der Waals surface area contributed by atoms with Gasteiger partial charge in [0.25, 0.3) is 0 Å². The Labute approximate surface area is 113 Å². The van der Waals surface area contributed by atoms with Gasteiger partial charge in [0.1, 0.15) is 5.41 Å². The molecule has 0 aromatic heterocycles. The summed E-state index contributed by atoms with van der Waals surface area (Å²) in [6.07, 6.45) is 1.56. The zero-order chi connectivity index (χ0) is 13.3. The number of rotatable bonds is 3. The molecular weight excluding hydrogens is 242 g/mol. The van der Waals surface area contributed by atoms with E-state index in [1.165, 1.54) is 11.1 Å². The lowest BCUT2D eigenvalue weighted by atomic mass is 9.82. The molecule has 0 spiro atoms. The van der Waals surface area contributed by atoms with E-state index in [9.17, 15) is 9.90 Å². The minimum atomic E-state index is -0.722. The third kappa shape index (κ3) is 2.38.